The van der Waals surface area contributed by atoms with E-state index in [-0.39, 0.29) is 0 Å². The molecule has 1 aromatic heterocycles. The van der Waals surface area contributed by atoms with Crippen molar-refractivity contribution < 1.29 is 0 Å². The summed E-state index contributed by atoms with van der Waals surface area (Å²) in [5.74, 6) is 0. The van der Waals surface area contributed by atoms with Crippen LogP contribution in [0, 0.1) is 14.9 Å². The first-order chi connectivity index (χ1) is 6.31. The van der Waals surface area contributed by atoms with E-state index in [9.17, 15) is 0 Å². The summed E-state index contributed by atoms with van der Waals surface area (Å²) in [6.45, 7) is 0. The fourth-order valence-corrected chi connectivity index (χ4v) is 1.88. The molecule has 0 aliphatic heterocycles. The van der Waals surface area contributed by atoms with Gasteiger partial charge in [0.2, 0.25) is 0 Å². The van der Waals surface area contributed by atoms with Gasteiger partial charge in [-0.3, -0.25) is 0 Å². The van der Waals surface area contributed by atoms with Gasteiger partial charge < -0.3 is 4.98 Å². The van der Waals surface area contributed by atoms with E-state index in [1.807, 2.05) is 6.20 Å². The number of fused-ring (bicyclic) bond motifs is 1. The molecule has 13 heavy (non-hydrogen) atoms. The van der Waals surface area contributed by atoms with E-state index in [1.165, 1.54) is 3.57 Å². The Morgan fingerprint density at radius 3 is 3.08 bits per heavy atom. The largest absolute Gasteiger partial charge is 0.361 e. The van der Waals surface area contributed by atoms with Crippen LogP contribution in [0.3, 0.4) is 0 Å². The number of benzene rings is 1. The number of aromatic nitrogens is 1. The Labute approximate surface area is 89.7 Å². The van der Waals surface area contributed by atoms with Crippen LogP contribution in [0.25, 0.3) is 10.9 Å². The molecule has 0 aliphatic rings. The van der Waals surface area contributed by atoms with Crippen LogP contribution in [0.5, 0.6) is 0 Å². The number of nitrogens with one attached hydrogen (secondary N) is 1. The monoisotopic (exact) mass is 282 g/mol. The normalized spacial score (nSPS) is 10.2. The van der Waals surface area contributed by atoms with Crippen molar-refractivity contribution in [3.05, 3.63) is 33.5 Å². The fourth-order valence-electron chi connectivity index (χ4n) is 1.39. The Hall–Kier alpha value is -1.02. The maximum atomic E-state index is 8.59. The third kappa shape index (κ3) is 1.54. The lowest BCUT2D eigenvalue weighted by molar-refractivity contribution is 1.28. The molecule has 2 rings (SSSR count). The quantitative estimate of drug-likeness (QED) is 0.803. The maximum absolute atomic E-state index is 8.59. The van der Waals surface area contributed by atoms with Gasteiger partial charge in [-0.05, 0) is 40.3 Å². The molecular formula is C10H7IN2. The molecular weight excluding hydrogens is 275 g/mol. The van der Waals surface area contributed by atoms with E-state index in [0.29, 0.717) is 6.42 Å². The standard InChI is InChI=1S/C10H7IN2/c11-8-1-2-9-7(3-4-12)6-13-10(9)5-8/h1-2,5-6,13H,3H2. The van der Waals surface area contributed by atoms with Gasteiger partial charge in [0.25, 0.3) is 0 Å². The minimum absolute atomic E-state index is 0.473. The molecule has 0 radical (unpaired) electrons. The van der Waals surface area contributed by atoms with Crippen LogP contribution in [0.15, 0.2) is 24.4 Å². The smallest absolute Gasteiger partial charge is 0.0670 e. The molecule has 0 saturated carbocycles. The van der Waals surface area contributed by atoms with Gasteiger partial charge >= 0.3 is 0 Å². The summed E-state index contributed by atoms with van der Waals surface area (Å²) in [6, 6.07) is 8.34. The third-order valence-corrected chi connectivity index (χ3v) is 2.67. The van der Waals surface area contributed by atoms with Crippen LogP contribution in [-0.2, 0) is 6.42 Å². The van der Waals surface area contributed by atoms with Gasteiger partial charge in [-0.25, -0.2) is 0 Å². The molecule has 1 heterocycles. The predicted molar refractivity (Wildman–Crippen MR) is 60.3 cm³/mol. The number of aromatic amines is 1. The highest BCUT2D eigenvalue weighted by atomic mass is 127. The van der Waals surface area contributed by atoms with Crippen molar-refractivity contribution in [1.82, 2.24) is 4.98 Å². The van der Waals surface area contributed by atoms with Crippen molar-refractivity contribution in [1.29, 1.82) is 5.26 Å². The summed E-state index contributed by atoms with van der Waals surface area (Å²) in [7, 11) is 0. The summed E-state index contributed by atoms with van der Waals surface area (Å²) < 4.78 is 1.20. The van der Waals surface area contributed by atoms with Crippen molar-refractivity contribution in [2.75, 3.05) is 0 Å². The van der Waals surface area contributed by atoms with Gasteiger partial charge in [-0.15, -0.1) is 0 Å². The zero-order valence-electron chi connectivity index (χ0n) is 6.84. The molecule has 0 aliphatic carbocycles. The number of hydrogen-bond acceptors (Lipinski definition) is 1. The molecule has 0 saturated heterocycles. The lowest BCUT2D eigenvalue weighted by Gasteiger charge is -1.92. The number of nitrogens with zero attached hydrogens (tertiary/aromatic N) is 1. The van der Waals surface area contributed by atoms with Crippen LogP contribution in [0.2, 0.25) is 0 Å². The molecule has 0 amide bonds. The van der Waals surface area contributed by atoms with Crippen molar-refractivity contribution in [2.45, 2.75) is 6.42 Å². The van der Waals surface area contributed by atoms with Crippen molar-refractivity contribution in [3.8, 4) is 6.07 Å². The summed E-state index contributed by atoms with van der Waals surface area (Å²) in [4.78, 5) is 3.16. The minimum atomic E-state index is 0.473. The Balaban J connectivity index is 2.63. The van der Waals surface area contributed by atoms with E-state index in [1.54, 1.807) is 0 Å². The first-order valence-corrected chi connectivity index (χ1v) is 5.01. The molecule has 0 spiro atoms. The van der Waals surface area contributed by atoms with Gasteiger partial charge in [0.15, 0.2) is 0 Å². The summed E-state index contributed by atoms with van der Waals surface area (Å²) in [5, 5.41) is 9.74. The number of H-pyrrole nitrogens is 1. The number of rotatable bonds is 1. The van der Waals surface area contributed by atoms with Crippen molar-refractivity contribution in [2.24, 2.45) is 0 Å². The van der Waals surface area contributed by atoms with Crippen LogP contribution >= 0.6 is 22.6 Å². The Morgan fingerprint density at radius 2 is 2.31 bits per heavy atom. The summed E-state index contributed by atoms with van der Waals surface area (Å²) in [6.07, 6.45) is 2.38. The molecule has 1 aromatic carbocycles. The molecule has 3 heteroatoms. The lowest BCUT2D eigenvalue weighted by Crippen LogP contribution is -1.77. The van der Waals surface area contributed by atoms with Crippen LogP contribution in [0.4, 0.5) is 0 Å². The molecule has 2 aromatic rings. The lowest BCUT2D eigenvalue weighted by atomic mass is 10.1. The topological polar surface area (TPSA) is 39.6 Å². The SMILES string of the molecule is N#CCc1c[nH]c2cc(I)ccc12. The van der Waals surface area contributed by atoms with Gasteiger partial charge in [-0.2, -0.15) is 5.26 Å². The highest BCUT2D eigenvalue weighted by molar-refractivity contribution is 14.1. The second kappa shape index (κ2) is 3.38. The highest BCUT2D eigenvalue weighted by Crippen LogP contribution is 2.20. The first-order valence-electron chi connectivity index (χ1n) is 3.94. The molecule has 64 valence electrons. The van der Waals surface area contributed by atoms with Crippen molar-refractivity contribution in [3.63, 3.8) is 0 Å². The third-order valence-electron chi connectivity index (χ3n) is 2.00. The number of halogens is 1. The minimum Gasteiger partial charge on any atom is -0.361 e. The first kappa shape index (κ1) is 8.57. The van der Waals surface area contributed by atoms with Gasteiger partial charge in [0.05, 0.1) is 12.5 Å². The Kier molecular flexibility index (Phi) is 2.23. The van der Waals surface area contributed by atoms with E-state index < -0.39 is 0 Å². The van der Waals surface area contributed by atoms with E-state index in [2.05, 4.69) is 51.8 Å². The maximum Gasteiger partial charge on any atom is 0.0670 e. The number of nitriles is 1. The second-order valence-electron chi connectivity index (χ2n) is 2.84. The number of hydrogen-bond donors (Lipinski definition) is 1. The average Bonchev–Trinajstić information content (AvgIpc) is 2.49. The zero-order valence-corrected chi connectivity index (χ0v) is 9.00. The van der Waals surface area contributed by atoms with Gasteiger partial charge in [0.1, 0.15) is 0 Å². The summed E-state index contributed by atoms with van der Waals surface area (Å²) >= 11 is 2.27. The predicted octanol–water partition coefficient (Wildman–Crippen LogP) is 2.84. The summed E-state index contributed by atoms with van der Waals surface area (Å²) in [5.41, 5.74) is 2.19. The second-order valence-corrected chi connectivity index (χ2v) is 4.08. The van der Waals surface area contributed by atoms with E-state index in [4.69, 9.17) is 5.26 Å². The molecule has 0 atom stereocenters. The highest BCUT2D eigenvalue weighted by Gasteiger charge is 2.02. The van der Waals surface area contributed by atoms with Gasteiger partial charge in [0, 0.05) is 20.7 Å². The van der Waals surface area contributed by atoms with Crippen LogP contribution in [-0.4, -0.2) is 4.98 Å². The molecule has 0 bridgehead atoms. The molecule has 0 unspecified atom stereocenters. The van der Waals surface area contributed by atoms with E-state index >= 15 is 0 Å². The molecule has 1 N–H and O–H groups in total. The van der Waals surface area contributed by atoms with Crippen LogP contribution in [0.1, 0.15) is 5.56 Å². The van der Waals surface area contributed by atoms with Gasteiger partial charge in [-0.1, -0.05) is 6.07 Å². The average molecular weight is 282 g/mol. The molecule has 0 fully saturated rings. The Morgan fingerprint density at radius 1 is 1.46 bits per heavy atom. The van der Waals surface area contributed by atoms with Crippen LogP contribution < -0.4 is 0 Å². The molecule has 2 nitrogen and oxygen atoms in total. The van der Waals surface area contributed by atoms with E-state index in [0.717, 1.165) is 16.5 Å². The zero-order chi connectivity index (χ0) is 9.26. The Bertz CT molecular complexity index is 479. The fraction of sp³-hybridized carbons (Fsp3) is 0.100. The van der Waals surface area contributed by atoms with Crippen molar-refractivity contribution >= 4 is 33.5 Å².